The minimum atomic E-state index is -0.361. The molecular weight excluding hydrogens is 304 g/mol. The third kappa shape index (κ3) is 5.03. The van der Waals surface area contributed by atoms with Crippen molar-refractivity contribution in [2.45, 2.75) is 39.8 Å². The zero-order valence-electron chi connectivity index (χ0n) is 14.9. The topological polar surface area (TPSA) is 65.5 Å². The molecule has 0 radical (unpaired) electrons. The van der Waals surface area contributed by atoms with Crippen molar-refractivity contribution in [3.63, 3.8) is 0 Å². The quantitative estimate of drug-likeness (QED) is 0.817. The van der Waals surface area contributed by atoms with Crippen molar-refractivity contribution in [1.29, 1.82) is 0 Å². The number of pyridine rings is 1. The maximum Gasteiger partial charge on any atom is 0.237 e. The number of aromatic nitrogens is 1. The summed E-state index contributed by atoms with van der Waals surface area (Å²) in [6.45, 7) is 9.70. The highest BCUT2D eigenvalue weighted by Gasteiger charge is 2.32. The van der Waals surface area contributed by atoms with Gasteiger partial charge in [0.1, 0.15) is 0 Å². The Kier molecular flexibility index (Phi) is 6.73. The number of carbonyl (C=O) groups is 2. The second-order valence-electron chi connectivity index (χ2n) is 6.66. The van der Waals surface area contributed by atoms with Gasteiger partial charge >= 0.3 is 0 Å². The molecule has 132 valence electrons. The summed E-state index contributed by atoms with van der Waals surface area (Å²) in [5, 5.41) is 2.89. The summed E-state index contributed by atoms with van der Waals surface area (Å²) in [5.41, 5.74) is 1.05. The summed E-state index contributed by atoms with van der Waals surface area (Å²) in [4.78, 5) is 32.9. The number of nitrogens with zero attached hydrogens (tertiary/aromatic N) is 3. The number of amides is 2. The van der Waals surface area contributed by atoms with Crippen LogP contribution in [0.2, 0.25) is 0 Å². The fraction of sp³-hybridized carbons (Fsp3) is 0.611. The van der Waals surface area contributed by atoms with Crippen LogP contribution in [0.5, 0.6) is 0 Å². The summed E-state index contributed by atoms with van der Waals surface area (Å²) in [7, 11) is 0. The number of piperazine rings is 1. The van der Waals surface area contributed by atoms with Crippen molar-refractivity contribution in [1.82, 2.24) is 20.1 Å². The lowest BCUT2D eigenvalue weighted by Crippen LogP contribution is -2.57. The van der Waals surface area contributed by atoms with Gasteiger partial charge in [-0.3, -0.25) is 19.5 Å². The van der Waals surface area contributed by atoms with Gasteiger partial charge < -0.3 is 10.2 Å². The number of nitrogens with one attached hydrogen (secondary N) is 1. The highest BCUT2D eigenvalue weighted by Crippen LogP contribution is 2.14. The van der Waals surface area contributed by atoms with Crippen LogP contribution in [0.15, 0.2) is 24.5 Å². The van der Waals surface area contributed by atoms with Crippen molar-refractivity contribution in [3.8, 4) is 0 Å². The summed E-state index contributed by atoms with van der Waals surface area (Å²) in [6, 6.07) is 3.46. The first kappa shape index (κ1) is 18.4. The third-order valence-corrected chi connectivity index (χ3v) is 4.27. The van der Waals surface area contributed by atoms with E-state index in [0.717, 1.165) is 18.7 Å². The zero-order valence-corrected chi connectivity index (χ0v) is 14.9. The van der Waals surface area contributed by atoms with Crippen LogP contribution in [0.3, 0.4) is 0 Å². The van der Waals surface area contributed by atoms with Gasteiger partial charge in [-0.1, -0.05) is 13.8 Å². The van der Waals surface area contributed by atoms with E-state index in [2.05, 4.69) is 29.0 Å². The van der Waals surface area contributed by atoms with Gasteiger partial charge in [0.25, 0.3) is 0 Å². The summed E-state index contributed by atoms with van der Waals surface area (Å²) < 4.78 is 0. The first-order valence-electron chi connectivity index (χ1n) is 8.69. The maximum atomic E-state index is 12.7. The van der Waals surface area contributed by atoms with E-state index >= 15 is 0 Å². The molecule has 2 amide bonds. The molecule has 1 aliphatic heterocycles. The SMILES string of the molecule is CCN(Cc1ccncc1)C(=O)C[C@H]1C(=O)NCCN1CC(C)C. The number of hydrogen-bond donors (Lipinski definition) is 1. The smallest absolute Gasteiger partial charge is 0.237 e. The molecule has 0 unspecified atom stereocenters. The molecule has 1 N–H and O–H groups in total. The molecule has 24 heavy (non-hydrogen) atoms. The fourth-order valence-corrected chi connectivity index (χ4v) is 3.05. The summed E-state index contributed by atoms with van der Waals surface area (Å²) in [6.07, 6.45) is 3.69. The van der Waals surface area contributed by atoms with Gasteiger partial charge in [0.2, 0.25) is 11.8 Å². The first-order valence-corrected chi connectivity index (χ1v) is 8.69. The number of carbonyl (C=O) groups excluding carboxylic acids is 2. The van der Waals surface area contributed by atoms with Crippen LogP contribution >= 0.6 is 0 Å². The predicted molar refractivity (Wildman–Crippen MR) is 93.2 cm³/mol. The Balaban J connectivity index is 2.02. The van der Waals surface area contributed by atoms with Gasteiger partial charge in [0, 0.05) is 45.1 Å². The molecule has 1 fully saturated rings. The summed E-state index contributed by atoms with van der Waals surface area (Å²) in [5.74, 6) is 0.452. The Morgan fingerprint density at radius 3 is 2.75 bits per heavy atom. The lowest BCUT2D eigenvalue weighted by atomic mass is 10.1. The van der Waals surface area contributed by atoms with E-state index in [9.17, 15) is 9.59 Å². The predicted octanol–water partition coefficient (Wildman–Crippen LogP) is 1.28. The molecule has 1 aromatic rings. The van der Waals surface area contributed by atoms with Gasteiger partial charge in [0.05, 0.1) is 12.5 Å². The van der Waals surface area contributed by atoms with E-state index in [0.29, 0.717) is 25.6 Å². The molecule has 1 aromatic heterocycles. The zero-order chi connectivity index (χ0) is 17.5. The van der Waals surface area contributed by atoms with Gasteiger partial charge in [-0.2, -0.15) is 0 Å². The third-order valence-electron chi connectivity index (χ3n) is 4.27. The van der Waals surface area contributed by atoms with Crippen molar-refractivity contribution < 1.29 is 9.59 Å². The Labute approximate surface area is 144 Å². The maximum absolute atomic E-state index is 12.7. The molecule has 2 heterocycles. The molecule has 0 saturated carbocycles. The lowest BCUT2D eigenvalue weighted by Gasteiger charge is -2.36. The molecule has 1 atom stereocenters. The largest absolute Gasteiger partial charge is 0.353 e. The second-order valence-corrected chi connectivity index (χ2v) is 6.66. The molecule has 6 nitrogen and oxygen atoms in total. The number of hydrogen-bond acceptors (Lipinski definition) is 4. The Morgan fingerprint density at radius 1 is 1.42 bits per heavy atom. The van der Waals surface area contributed by atoms with Crippen molar-refractivity contribution in [2.24, 2.45) is 5.92 Å². The average Bonchev–Trinajstić information content (AvgIpc) is 2.56. The Morgan fingerprint density at radius 2 is 2.12 bits per heavy atom. The molecular formula is C18H28N4O2. The minimum absolute atomic E-state index is 0.0186. The van der Waals surface area contributed by atoms with Crippen LogP contribution in [0.4, 0.5) is 0 Å². The monoisotopic (exact) mass is 332 g/mol. The van der Waals surface area contributed by atoms with Crippen LogP contribution < -0.4 is 5.32 Å². The van der Waals surface area contributed by atoms with E-state index in [1.54, 1.807) is 17.3 Å². The average molecular weight is 332 g/mol. The van der Waals surface area contributed by atoms with Crippen LogP contribution in [0, 0.1) is 5.92 Å². The lowest BCUT2D eigenvalue weighted by molar-refractivity contribution is -0.139. The van der Waals surface area contributed by atoms with Gasteiger partial charge in [-0.15, -0.1) is 0 Å². The van der Waals surface area contributed by atoms with Crippen molar-refractivity contribution >= 4 is 11.8 Å². The molecule has 6 heteroatoms. The van der Waals surface area contributed by atoms with E-state index in [1.807, 2.05) is 19.1 Å². The normalized spacial score (nSPS) is 18.5. The van der Waals surface area contributed by atoms with E-state index < -0.39 is 0 Å². The van der Waals surface area contributed by atoms with Gasteiger partial charge in [0.15, 0.2) is 0 Å². The van der Waals surface area contributed by atoms with Crippen molar-refractivity contribution in [2.75, 3.05) is 26.2 Å². The molecule has 0 spiro atoms. The van der Waals surface area contributed by atoms with E-state index in [4.69, 9.17) is 0 Å². The second kappa shape index (κ2) is 8.78. The molecule has 0 aromatic carbocycles. The minimum Gasteiger partial charge on any atom is -0.353 e. The van der Waals surface area contributed by atoms with Crippen LogP contribution in [0.25, 0.3) is 0 Å². The highest BCUT2D eigenvalue weighted by atomic mass is 16.2. The highest BCUT2D eigenvalue weighted by molar-refractivity contribution is 5.88. The Bertz CT molecular complexity index is 547. The van der Waals surface area contributed by atoms with E-state index in [-0.39, 0.29) is 24.3 Å². The molecule has 0 aliphatic carbocycles. The van der Waals surface area contributed by atoms with Crippen LogP contribution in [-0.4, -0.2) is 58.8 Å². The summed E-state index contributed by atoms with van der Waals surface area (Å²) >= 11 is 0. The van der Waals surface area contributed by atoms with E-state index in [1.165, 1.54) is 0 Å². The first-order chi connectivity index (χ1) is 11.5. The number of rotatable bonds is 7. The van der Waals surface area contributed by atoms with Gasteiger partial charge in [-0.05, 0) is 30.5 Å². The van der Waals surface area contributed by atoms with Crippen molar-refractivity contribution in [3.05, 3.63) is 30.1 Å². The standard InChI is InChI=1S/C18H28N4O2/c1-4-21(13-15-5-7-19-8-6-15)17(23)11-16-18(24)20-9-10-22(16)12-14(2)3/h5-8,14,16H,4,9-13H2,1-3H3,(H,20,24)/t16-/m0/s1. The van der Waals surface area contributed by atoms with Gasteiger partial charge in [-0.25, -0.2) is 0 Å². The van der Waals surface area contributed by atoms with Crippen LogP contribution in [-0.2, 0) is 16.1 Å². The fourth-order valence-electron chi connectivity index (χ4n) is 3.05. The Hall–Kier alpha value is -1.95. The molecule has 0 bridgehead atoms. The van der Waals surface area contributed by atoms with Crippen LogP contribution in [0.1, 0.15) is 32.8 Å². The molecule has 1 saturated heterocycles. The molecule has 2 rings (SSSR count). The molecule has 1 aliphatic rings.